The normalized spacial score (nSPS) is 9.95. The van der Waals surface area contributed by atoms with Gasteiger partial charge in [-0.15, -0.1) is 11.8 Å². The highest BCUT2D eigenvalue weighted by Crippen LogP contribution is 2.25. The van der Waals surface area contributed by atoms with Gasteiger partial charge >= 0.3 is 0 Å². The Morgan fingerprint density at radius 2 is 1.85 bits per heavy atom. The van der Waals surface area contributed by atoms with E-state index in [-0.39, 0.29) is 18.2 Å². The van der Waals surface area contributed by atoms with Gasteiger partial charge in [0.05, 0.1) is 12.1 Å². The number of rotatable bonds is 3. The van der Waals surface area contributed by atoms with Crippen molar-refractivity contribution in [1.82, 2.24) is 0 Å². The maximum atomic E-state index is 13.5. The van der Waals surface area contributed by atoms with E-state index >= 15 is 0 Å². The fraction of sp³-hybridized carbons (Fsp3) is 0.125. The molecule has 0 unspecified atom stereocenters. The van der Waals surface area contributed by atoms with Gasteiger partial charge in [0.25, 0.3) is 0 Å². The molecule has 4 heteroatoms. The summed E-state index contributed by atoms with van der Waals surface area (Å²) in [5.41, 5.74) is 6.49. The van der Waals surface area contributed by atoms with Gasteiger partial charge in [0.1, 0.15) is 11.6 Å². The van der Waals surface area contributed by atoms with Gasteiger partial charge in [-0.25, -0.2) is 8.78 Å². The van der Waals surface area contributed by atoms with Crippen molar-refractivity contribution in [1.29, 1.82) is 0 Å². The third kappa shape index (κ3) is 3.83. The van der Waals surface area contributed by atoms with E-state index in [0.29, 0.717) is 16.2 Å². The fourth-order valence-electron chi connectivity index (χ4n) is 1.63. The molecular weight excluding hydrogens is 276 g/mol. The molecule has 0 amide bonds. The van der Waals surface area contributed by atoms with E-state index in [4.69, 9.17) is 5.73 Å². The largest absolute Gasteiger partial charge is 0.320 e. The molecule has 0 saturated carbocycles. The molecule has 0 saturated heterocycles. The lowest BCUT2D eigenvalue weighted by Gasteiger charge is -2.04. The minimum Gasteiger partial charge on any atom is -0.320 e. The van der Waals surface area contributed by atoms with Crippen molar-refractivity contribution in [2.75, 3.05) is 6.54 Å². The fourth-order valence-corrected chi connectivity index (χ4v) is 2.51. The van der Waals surface area contributed by atoms with Crippen LogP contribution in [0, 0.1) is 23.5 Å². The summed E-state index contributed by atoms with van der Waals surface area (Å²) >= 11 is 1.37. The molecule has 0 bridgehead atoms. The third-order valence-corrected chi connectivity index (χ3v) is 3.71. The van der Waals surface area contributed by atoms with E-state index in [2.05, 4.69) is 11.8 Å². The molecule has 0 aromatic heterocycles. The van der Waals surface area contributed by atoms with Crippen molar-refractivity contribution in [2.45, 2.75) is 10.6 Å². The van der Waals surface area contributed by atoms with Gasteiger partial charge < -0.3 is 5.73 Å². The first kappa shape index (κ1) is 14.6. The van der Waals surface area contributed by atoms with Crippen molar-refractivity contribution in [3.05, 3.63) is 65.2 Å². The van der Waals surface area contributed by atoms with Crippen LogP contribution in [0.2, 0.25) is 0 Å². The van der Waals surface area contributed by atoms with Gasteiger partial charge in [-0.1, -0.05) is 30.0 Å². The molecular formula is C16H13F2NS. The summed E-state index contributed by atoms with van der Waals surface area (Å²) in [4.78, 5) is 0.575. The molecule has 0 spiro atoms. The van der Waals surface area contributed by atoms with Crippen LogP contribution in [0.1, 0.15) is 11.1 Å². The van der Waals surface area contributed by atoms with Crippen LogP contribution in [-0.2, 0) is 5.75 Å². The molecule has 1 nitrogen and oxygen atoms in total. The Morgan fingerprint density at radius 3 is 2.60 bits per heavy atom. The summed E-state index contributed by atoms with van der Waals surface area (Å²) in [5.74, 6) is 5.25. The highest BCUT2D eigenvalue weighted by molar-refractivity contribution is 7.98. The summed E-state index contributed by atoms with van der Waals surface area (Å²) in [7, 11) is 0. The van der Waals surface area contributed by atoms with Gasteiger partial charge in [0.15, 0.2) is 0 Å². The molecule has 2 aromatic rings. The smallest absolute Gasteiger partial charge is 0.138 e. The topological polar surface area (TPSA) is 26.0 Å². The Morgan fingerprint density at radius 1 is 1.05 bits per heavy atom. The molecule has 2 aromatic carbocycles. The van der Waals surface area contributed by atoms with Crippen LogP contribution in [0.25, 0.3) is 0 Å². The second kappa shape index (κ2) is 7.09. The van der Waals surface area contributed by atoms with Crippen LogP contribution in [0.15, 0.2) is 47.4 Å². The Kier molecular flexibility index (Phi) is 5.16. The summed E-state index contributed by atoms with van der Waals surface area (Å²) in [6, 6.07) is 11.3. The second-order valence-corrected chi connectivity index (χ2v) is 5.06. The number of hydrogen-bond donors (Lipinski definition) is 1. The molecule has 0 fully saturated rings. The van der Waals surface area contributed by atoms with E-state index in [1.165, 1.54) is 23.9 Å². The Labute approximate surface area is 121 Å². The minimum absolute atomic E-state index is 0.188. The quantitative estimate of drug-likeness (QED) is 0.690. The average Bonchev–Trinajstić information content (AvgIpc) is 2.46. The number of halogens is 2. The lowest BCUT2D eigenvalue weighted by Crippen LogP contribution is -1.94. The summed E-state index contributed by atoms with van der Waals surface area (Å²) in [6.07, 6.45) is 0. The molecule has 0 radical (unpaired) electrons. The zero-order valence-electron chi connectivity index (χ0n) is 10.7. The van der Waals surface area contributed by atoms with E-state index in [9.17, 15) is 8.78 Å². The number of hydrogen-bond acceptors (Lipinski definition) is 2. The van der Waals surface area contributed by atoms with Gasteiger partial charge in [0, 0.05) is 10.6 Å². The molecule has 0 aliphatic heterocycles. The van der Waals surface area contributed by atoms with Gasteiger partial charge in [-0.2, -0.15) is 0 Å². The van der Waals surface area contributed by atoms with Crippen LogP contribution in [0.5, 0.6) is 0 Å². The molecule has 20 heavy (non-hydrogen) atoms. The van der Waals surface area contributed by atoms with Crippen LogP contribution in [0.3, 0.4) is 0 Å². The van der Waals surface area contributed by atoms with Crippen LogP contribution < -0.4 is 5.73 Å². The maximum Gasteiger partial charge on any atom is 0.138 e. The lowest BCUT2D eigenvalue weighted by molar-refractivity contribution is 0.602. The number of benzene rings is 2. The van der Waals surface area contributed by atoms with Crippen molar-refractivity contribution in [2.24, 2.45) is 5.73 Å². The van der Waals surface area contributed by atoms with Crippen LogP contribution in [-0.4, -0.2) is 6.54 Å². The van der Waals surface area contributed by atoms with Crippen molar-refractivity contribution in [3.8, 4) is 11.8 Å². The monoisotopic (exact) mass is 289 g/mol. The molecule has 2 rings (SSSR count). The Balaban J connectivity index is 2.12. The van der Waals surface area contributed by atoms with Gasteiger partial charge in [0.2, 0.25) is 0 Å². The predicted molar refractivity (Wildman–Crippen MR) is 78.3 cm³/mol. The minimum atomic E-state index is -0.370. The molecule has 102 valence electrons. The molecule has 0 atom stereocenters. The van der Waals surface area contributed by atoms with Gasteiger partial charge in [-0.3, -0.25) is 0 Å². The third-order valence-electron chi connectivity index (χ3n) is 2.59. The molecule has 0 heterocycles. The zero-order valence-corrected chi connectivity index (χ0v) is 11.5. The Hall–Kier alpha value is -1.83. The number of thioether (sulfide) groups is 1. The SMILES string of the molecule is NCC#Cc1cc(CSc2ccccc2F)ccc1F. The van der Waals surface area contributed by atoms with E-state index in [0.717, 1.165) is 5.56 Å². The standard InChI is InChI=1S/C16H13F2NS/c17-14-8-7-12(10-13(14)4-3-9-19)11-20-16-6-2-1-5-15(16)18/h1-2,5-8,10H,9,11,19H2. The van der Waals surface area contributed by atoms with Crippen LogP contribution in [0.4, 0.5) is 8.78 Å². The zero-order chi connectivity index (χ0) is 14.4. The lowest BCUT2D eigenvalue weighted by atomic mass is 10.1. The highest BCUT2D eigenvalue weighted by Gasteiger charge is 2.04. The first-order valence-electron chi connectivity index (χ1n) is 6.05. The molecule has 0 aliphatic carbocycles. The number of nitrogens with two attached hydrogens (primary N) is 1. The van der Waals surface area contributed by atoms with E-state index in [1.807, 2.05) is 0 Å². The van der Waals surface area contributed by atoms with Crippen molar-refractivity contribution >= 4 is 11.8 Å². The van der Waals surface area contributed by atoms with Crippen LogP contribution >= 0.6 is 11.8 Å². The van der Waals surface area contributed by atoms with Crippen molar-refractivity contribution < 1.29 is 8.78 Å². The van der Waals surface area contributed by atoms with Crippen molar-refractivity contribution in [3.63, 3.8) is 0 Å². The summed E-state index contributed by atoms with van der Waals surface area (Å²) in [5, 5.41) is 0. The highest BCUT2D eigenvalue weighted by atomic mass is 32.2. The maximum absolute atomic E-state index is 13.5. The first-order valence-corrected chi connectivity index (χ1v) is 7.04. The average molecular weight is 289 g/mol. The summed E-state index contributed by atoms with van der Waals surface area (Å²) in [6.45, 7) is 0.188. The van der Waals surface area contributed by atoms with Gasteiger partial charge in [-0.05, 0) is 29.8 Å². The predicted octanol–water partition coefficient (Wildman–Crippen LogP) is 3.57. The molecule has 2 N–H and O–H groups in total. The second-order valence-electron chi connectivity index (χ2n) is 4.04. The van der Waals surface area contributed by atoms with E-state index in [1.54, 1.807) is 30.3 Å². The Bertz CT molecular complexity index is 659. The first-order chi connectivity index (χ1) is 9.70. The van der Waals surface area contributed by atoms with E-state index < -0.39 is 0 Å². The molecule has 0 aliphatic rings. The summed E-state index contributed by atoms with van der Waals surface area (Å²) < 4.78 is 27.0.